The van der Waals surface area contributed by atoms with E-state index in [1.54, 1.807) is 13.3 Å². The molecule has 0 saturated heterocycles. The number of rotatable bonds is 5. The zero-order valence-electron chi connectivity index (χ0n) is 13.6. The van der Waals surface area contributed by atoms with Gasteiger partial charge in [-0.25, -0.2) is 9.97 Å². The number of nitrogens with zero attached hydrogens (tertiary/aromatic N) is 3. The SMILES string of the molecule is COc1ncccc1CNC[C@H]1COCc2nc3ccccc3n21. The molecule has 6 heteroatoms. The number of para-hydroxylation sites is 2. The molecule has 4 rings (SSSR count). The lowest BCUT2D eigenvalue weighted by molar-refractivity contribution is 0.0564. The van der Waals surface area contributed by atoms with Gasteiger partial charge in [-0.3, -0.25) is 0 Å². The van der Waals surface area contributed by atoms with Crippen molar-refractivity contribution in [1.29, 1.82) is 0 Å². The van der Waals surface area contributed by atoms with E-state index in [0.717, 1.165) is 23.4 Å². The molecule has 3 aromatic rings. The van der Waals surface area contributed by atoms with Crippen molar-refractivity contribution in [3.05, 3.63) is 54.0 Å². The number of aromatic nitrogens is 3. The van der Waals surface area contributed by atoms with Crippen molar-refractivity contribution in [2.75, 3.05) is 20.3 Å². The van der Waals surface area contributed by atoms with Gasteiger partial charge in [0.25, 0.3) is 0 Å². The number of ether oxygens (including phenoxy) is 2. The zero-order valence-corrected chi connectivity index (χ0v) is 13.6. The van der Waals surface area contributed by atoms with Crippen LogP contribution in [-0.4, -0.2) is 34.8 Å². The molecule has 6 nitrogen and oxygen atoms in total. The molecular weight excluding hydrogens is 304 g/mol. The van der Waals surface area contributed by atoms with Crippen LogP contribution in [0.15, 0.2) is 42.6 Å². The van der Waals surface area contributed by atoms with Crippen molar-refractivity contribution in [2.24, 2.45) is 0 Å². The van der Waals surface area contributed by atoms with Crippen LogP contribution in [0.4, 0.5) is 0 Å². The molecule has 0 unspecified atom stereocenters. The van der Waals surface area contributed by atoms with Crippen LogP contribution in [-0.2, 0) is 17.9 Å². The Morgan fingerprint density at radius 3 is 3.12 bits per heavy atom. The third-order valence-corrected chi connectivity index (χ3v) is 4.31. The third kappa shape index (κ3) is 2.74. The maximum absolute atomic E-state index is 5.73. The summed E-state index contributed by atoms with van der Waals surface area (Å²) in [6, 6.07) is 12.4. The predicted octanol–water partition coefficient (Wildman–Crippen LogP) is 2.30. The van der Waals surface area contributed by atoms with E-state index in [-0.39, 0.29) is 6.04 Å². The molecule has 0 bridgehead atoms. The summed E-state index contributed by atoms with van der Waals surface area (Å²) in [6.07, 6.45) is 1.74. The van der Waals surface area contributed by atoms with Gasteiger partial charge in [0.1, 0.15) is 12.4 Å². The van der Waals surface area contributed by atoms with Crippen LogP contribution >= 0.6 is 0 Å². The van der Waals surface area contributed by atoms with Crippen LogP contribution in [0.5, 0.6) is 5.88 Å². The second kappa shape index (κ2) is 6.59. The molecule has 24 heavy (non-hydrogen) atoms. The molecule has 1 aliphatic heterocycles. The standard InChI is InChI=1S/C18H20N4O2/c1-23-18-13(5-4-8-20-18)9-19-10-14-11-24-12-17-21-15-6-2-3-7-16(15)22(14)17/h2-8,14,19H,9-12H2,1H3/t14-/m0/s1. The normalized spacial score (nSPS) is 17.0. The first kappa shape index (κ1) is 15.1. The quantitative estimate of drug-likeness (QED) is 0.780. The van der Waals surface area contributed by atoms with Crippen LogP contribution in [0.25, 0.3) is 11.0 Å². The minimum absolute atomic E-state index is 0.226. The highest BCUT2D eigenvalue weighted by atomic mass is 16.5. The van der Waals surface area contributed by atoms with Gasteiger partial charge in [-0.15, -0.1) is 0 Å². The Morgan fingerprint density at radius 1 is 1.29 bits per heavy atom. The Kier molecular flexibility index (Phi) is 4.15. The highest BCUT2D eigenvalue weighted by Gasteiger charge is 2.23. The smallest absolute Gasteiger partial charge is 0.217 e. The molecule has 1 aromatic carbocycles. The Balaban J connectivity index is 1.51. The number of methoxy groups -OCH3 is 1. The summed E-state index contributed by atoms with van der Waals surface area (Å²) in [5.41, 5.74) is 3.24. The molecule has 0 radical (unpaired) electrons. The summed E-state index contributed by atoms with van der Waals surface area (Å²) in [5.74, 6) is 1.66. The van der Waals surface area contributed by atoms with Crippen molar-refractivity contribution in [3.8, 4) is 5.88 Å². The number of imidazole rings is 1. The van der Waals surface area contributed by atoms with Gasteiger partial charge in [0.2, 0.25) is 5.88 Å². The molecule has 0 spiro atoms. The molecule has 124 valence electrons. The summed E-state index contributed by atoms with van der Waals surface area (Å²) in [4.78, 5) is 8.91. The maximum atomic E-state index is 5.73. The van der Waals surface area contributed by atoms with E-state index >= 15 is 0 Å². The molecule has 0 amide bonds. The predicted molar refractivity (Wildman–Crippen MR) is 90.9 cm³/mol. The average Bonchev–Trinajstić information content (AvgIpc) is 3.01. The van der Waals surface area contributed by atoms with E-state index in [2.05, 4.69) is 32.0 Å². The average molecular weight is 324 g/mol. The van der Waals surface area contributed by atoms with Crippen LogP contribution in [0.2, 0.25) is 0 Å². The van der Waals surface area contributed by atoms with E-state index in [1.165, 1.54) is 5.52 Å². The topological polar surface area (TPSA) is 61.2 Å². The van der Waals surface area contributed by atoms with Gasteiger partial charge in [-0.1, -0.05) is 18.2 Å². The number of nitrogens with one attached hydrogen (secondary N) is 1. The Morgan fingerprint density at radius 2 is 2.21 bits per heavy atom. The van der Waals surface area contributed by atoms with Gasteiger partial charge in [0, 0.05) is 24.8 Å². The molecule has 2 aromatic heterocycles. The first-order valence-electron chi connectivity index (χ1n) is 8.09. The Bertz CT molecular complexity index is 846. The summed E-state index contributed by atoms with van der Waals surface area (Å²) < 4.78 is 13.3. The van der Waals surface area contributed by atoms with Gasteiger partial charge < -0.3 is 19.4 Å². The summed E-state index contributed by atoms with van der Waals surface area (Å²) in [6.45, 7) is 2.76. The first-order chi connectivity index (χ1) is 11.9. The summed E-state index contributed by atoms with van der Waals surface area (Å²) in [7, 11) is 1.64. The molecule has 0 aliphatic carbocycles. The van der Waals surface area contributed by atoms with Gasteiger partial charge >= 0.3 is 0 Å². The number of pyridine rings is 1. The van der Waals surface area contributed by atoms with Crippen molar-refractivity contribution in [2.45, 2.75) is 19.2 Å². The second-order valence-corrected chi connectivity index (χ2v) is 5.86. The minimum Gasteiger partial charge on any atom is -0.481 e. The lowest BCUT2D eigenvalue weighted by Crippen LogP contribution is -2.32. The highest BCUT2D eigenvalue weighted by Crippen LogP contribution is 2.25. The van der Waals surface area contributed by atoms with Gasteiger partial charge in [-0.2, -0.15) is 0 Å². The molecule has 3 heterocycles. The number of hydrogen-bond donors (Lipinski definition) is 1. The zero-order chi connectivity index (χ0) is 16.4. The lowest BCUT2D eigenvalue weighted by Gasteiger charge is -2.26. The lowest BCUT2D eigenvalue weighted by atomic mass is 10.2. The van der Waals surface area contributed by atoms with E-state index in [4.69, 9.17) is 9.47 Å². The molecular formula is C18H20N4O2. The van der Waals surface area contributed by atoms with Crippen molar-refractivity contribution in [1.82, 2.24) is 19.9 Å². The monoisotopic (exact) mass is 324 g/mol. The fourth-order valence-corrected chi connectivity index (χ4v) is 3.23. The molecule has 0 saturated carbocycles. The second-order valence-electron chi connectivity index (χ2n) is 5.86. The first-order valence-corrected chi connectivity index (χ1v) is 8.09. The van der Waals surface area contributed by atoms with E-state index < -0.39 is 0 Å². The Hall–Kier alpha value is -2.44. The summed E-state index contributed by atoms with van der Waals surface area (Å²) >= 11 is 0. The Labute approximate surface area is 140 Å². The van der Waals surface area contributed by atoms with Crippen molar-refractivity contribution < 1.29 is 9.47 Å². The molecule has 1 aliphatic rings. The van der Waals surface area contributed by atoms with Gasteiger partial charge in [0.05, 0.1) is 30.8 Å². The van der Waals surface area contributed by atoms with Crippen LogP contribution < -0.4 is 10.1 Å². The number of hydrogen-bond acceptors (Lipinski definition) is 5. The maximum Gasteiger partial charge on any atom is 0.217 e. The summed E-state index contributed by atoms with van der Waals surface area (Å²) in [5, 5.41) is 3.49. The van der Waals surface area contributed by atoms with Crippen LogP contribution in [0.3, 0.4) is 0 Å². The van der Waals surface area contributed by atoms with Crippen molar-refractivity contribution >= 4 is 11.0 Å². The fraction of sp³-hybridized carbons (Fsp3) is 0.333. The number of fused-ring (bicyclic) bond motifs is 3. The number of benzene rings is 1. The van der Waals surface area contributed by atoms with Crippen molar-refractivity contribution in [3.63, 3.8) is 0 Å². The van der Waals surface area contributed by atoms with E-state index in [1.807, 2.05) is 24.3 Å². The minimum atomic E-state index is 0.226. The van der Waals surface area contributed by atoms with Crippen LogP contribution in [0.1, 0.15) is 17.4 Å². The molecule has 0 fully saturated rings. The largest absolute Gasteiger partial charge is 0.481 e. The fourth-order valence-electron chi connectivity index (χ4n) is 3.23. The van der Waals surface area contributed by atoms with Gasteiger partial charge in [0.15, 0.2) is 0 Å². The third-order valence-electron chi connectivity index (χ3n) is 4.31. The molecule has 1 atom stereocenters. The molecule has 1 N–H and O–H groups in total. The van der Waals surface area contributed by atoms with E-state index in [0.29, 0.717) is 25.6 Å². The van der Waals surface area contributed by atoms with Crippen LogP contribution in [0, 0.1) is 0 Å². The van der Waals surface area contributed by atoms with E-state index in [9.17, 15) is 0 Å². The highest BCUT2D eigenvalue weighted by molar-refractivity contribution is 5.76. The van der Waals surface area contributed by atoms with Gasteiger partial charge in [-0.05, 0) is 18.2 Å².